The predicted octanol–water partition coefficient (Wildman–Crippen LogP) is 5.16. The van der Waals surface area contributed by atoms with Gasteiger partial charge in [-0.05, 0) is 30.7 Å². The van der Waals surface area contributed by atoms with Gasteiger partial charge in [0.2, 0.25) is 5.89 Å². The molecule has 0 saturated carbocycles. The summed E-state index contributed by atoms with van der Waals surface area (Å²) in [6.45, 7) is 2.60. The highest BCUT2D eigenvalue weighted by atomic mass is 32.2. The zero-order valence-electron chi connectivity index (χ0n) is 17.5. The van der Waals surface area contributed by atoms with Crippen LogP contribution in [-0.4, -0.2) is 24.9 Å². The molecule has 0 unspecified atom stereocenters. The smallest absolute Gasteiger partial charge is 0.237 e. The van der Waals surface area contributed by atoms with Gasteiger partial charge in [0.05, 0.1) is 18.6 Å². The van der Waals surface area contributed by atoms with Crippen LogP contribution in [0.5, 0.6) is 0 Å². The molecule has 3 heterocycles. The summed E-state index contributed by atoms with van der Waals surface area (Å²) in [5.41, 5.74) is 3.33. The fraction of sp³-hybridized carbons (Fsp3) is 0.167. The van der Waals surface area contributed by atoms with Crippen molar-refractivity contribution in [3.63, 3.8) is 0 Å². The lowest BCUT2D eigenvalue weighted by molar-refractivity contribution is 0.385. The summed E-state index contributed by atoms with van der Waals surface area (Å²) in [6.07, 6.45) is 2.31. The minimum atomic E-state index is 0.506. The molecule has 0 atom stereocenters. The minimum Gasteiger partial charge on any atom is -0.467 e. The largest absolute Gasteiger partial charge is 0.467 e. The van der Waals surface area contributed by atoms with Crippen molar-refractivity contribution < 1.29 is 8.94 Å². The molecule has 0 saturated heterocycles. The van der Waals surface area contributed by atoms with E-state index >= 15 is 0 Å². The number of aromatic nitrogens is 5. The summed E-state index contributed by atoms with van der Waals surface area (Å²) in [4.78, 5) is 4.53. The maximum atomic E-state index is 5.57. The Morgan fingerprint density at radius 2 is 1.88 bits per heavy atom. The SMILES string of the molecule is Cc1cccc(-c2nnc(SCc3nc(Cc4ccccc4)no3)n2Cc2ccco2)c1. The third kappa shape index (κ3) is 4.65. The number of hydrogen-bond acceptors (Lipinski definition) is 7. The van der Waals surface area contributed by atoms with Crippen LogP contribution in [0.4, 0.5) is 0 Å². The average Bonchev–Trinajstić information content (AvgIpc) is 3.56. The van der Waals surface area contributed by atoms with Crippen LogP contribution in [0.25, 0.3) is 11.4 Å². The van der Waals surface area contributed by atoms with E-state index in [0.29, 0.717) is 30.4 Å². The molecule has 8 heteroatoms. The molecule has 0 aliphatic carbocycles. The first-order valence-corrected chi connectivity index (χ1v) is 11.2. The van der Waals surface area contributed by atoms with Crippen LogP contribution in [0.2, 0.25) is 0 Å². The second-order valence-electron chi connectivity index (χ2n) is 7.40. The first kappa shape index (κ1) is 20.3. The topological polar surface area (TPSA) is 82.8 Å². The number of benzene rings is 2. The van der Waals surface area contributed by atoms with E-state index in [2.05, 4.69) is 56.1 Å². The van der Waals surface area contributed by atoms with Crippen LogP contribution >= 0.6 is 11.8 Å². The Labute approximate surface area is 189 Å². The monoisotopic (exact) mass is 443 g/mol. The van der Waals surface area contributed by atoms with Gasteiger partial charge in [0, 0.05) is 12.0 Å². The first-order chi connectivity index (χ1) is 15.7. The van der Waals surface area contributed by atoms with Crippen molar-refractivity contribution in [3.05, 3.63) is 102 Å². The summed E-state index contributed by atoms with van der Waals surface area (Å²) in [5, 5.41) is 13.8. The Morgan fingerprint density at radius 3 is 2.69 bits per heavy atom. The van der Waals surface area contributed by atoms with E-state index in [1.807, 2.05) is 42.5 Å². The van der Waals surface area contributed by atoms with Crippen molar-refractivity contribution in [2.75, 3.05) is 0 Å². The minimum absolute atomic E-state index is 0.506. The highest BCUT2D eigenvalue weighted by Gasteiger charge is 2.17. The van der Waals surface area contributed by atoms with E-state index in [1.165, 1.54) is 17.3 Å². The standard InChI is InChI=1S/C24H21N5O2S/c1-17-7-5-10-19(13-17)23-26-27-24(29(23)15-20-11-6-12-30-20)32-16-22-25-21(28-31-22)14-18-8-3-2-4-9-18/h2-13H,14-16H2,1H3. The molecule has 5 rings (SSSR count). The second-order valence-corrected chi connectivity index (χ2v) is 8.34. The zero-order chi connectivity index (χ0) is 21.8. The van der Waals surface area contributed by atoms with Crippen LogP contribution in [0.1, 0.15) is 28.6 Å². The maximum Gasteiger partial charge on any atom is 0.237 e. The Balaban J connectivity index is 1.35. The quantitative estimate of drug-likeness (QED) is 0.306. The van der Waals surface area contributed by atoms with Crippen molar-refractivity contribution in [1.29, 1.82) is 0 Å². The molecule has 0 amide bonds. The van der Waals surface area contributed by atoms with Crippen LogP contribution in [0.3, 0.4) is 0 Å². The number of furan rings is 1. The summed E-state index contributed by atoms with van der Waals surface area (Å²) in [5.74, 6) is 3.37. The summed E-state index contributed by atoms with van der Waals surface area (Å²) < 4.78 is 13.1. The van der Waals surface area contributed by atoms with Gasteiger partial charge in [-0.2, -0.15) is 4.98 Å². The third-order valence-electron chi connectivity index (χ3n) is 4.93. The molecule has 2 aromatic carbocycles. The Hall–Kier alpha value is -3.65. The molecule has 0 radical (unpaired) electrons. The molecular weight excluding hydrogens is 422 g/mol. The predicted molar refractivity (Wildman–Crippen MR) is 121 cm³/mol. The molecule has 0 aliphatic rings. The van der Waals surface area contributed by atoms with Gasteiger partial charge in [-0.1, -0.05) is 71.0 Å². The van der Waals surface area contributed by atoms with Crippen LogP contribution in [-0.2, 0) is 18.7 Å². The molecule has 32 heavy (non-hydrogen) atoms. The van der Waals surface area contributed by atoms with Gasteiger partial charge < -0.3 is 8.94 Å². The van der Waals surface area contributed by atoms with Crippen LogP contribution in [0, 0.1) is 6.92 Å². The van der Waals surface area contributed by atoms with Gasteiger partial charge in [0.15, 0.2) is 16.8 Å². The molecule has 0 fully saturated rings. The summed E-state index contributed by atoms with van der Waals surface area (Å²) in [6, 6.07) is 22.2. The number of hydrogen-bond donors (Lipinski definition) is 0. The molecular formula is C24H21N5O2S. The normalized spacial score (nSPS) is 11.2. The highest BCUT2D eigenvalue weighted by molar-refractivity contribution is 7.98. The molecule has 0 aliphatic heterocycles. The molecule has 0 N–H and O–H groups in total. The molecule has 3 aromatic heterocycles. The highest BCUT2D eigenvalue weighted by Crippen LogP contribution is 2.27. The molecule has 160 valence electrons. The fourth-order valence-corrected chi connectivity index (χ4v) is 4.19. The Morgan fingerprint density at radius 1 is 0.969 bits per heavy atom. The van der Waals surface area contributed by atoms with Gasteiger partial charge in [0.25, 0.3) is 0 Å². The van der Waals surface area contributed by atoms with Crippen molar-refractivity contribution >= 4 is 11.8 Å². The van der Waals surface area contributed by atoms with E-state index < -0.39 is 0 Å². The lowest BCUT2D eigenvalue weighted by atomic mass is 10.1. The summed E-state index contributed by atoms with van der Waals surface area (Å²) >= 11 is 1.51. The number of thioether (sulfide) groups is 1. The van der Waals surface area contributed by atoms with E-state index in [0.717, 1.165) is 27.9 Å². The average molecular weight is 444 g/mol. The number of aryl methyl sites for hydroxylation is 1. The van der Waals surface area contributed by atoms with Gasteiger partial charge in [-0.25, -0.2) is 0 Å². The Bertz CT molecular complexity index is 1300. The van der Waals surface area contributed by atoms with Crippen molar-refractivity contribution in [1.82, 2.24) is 24.9 Å². The lowest BCUT2D eigenvalue weighted by Gasteiger charge is -2.08. The molecule has 0 spiro atoms. The van der Waals surface area contributed by atoms with Gasteiger partial charge in [-0.3, -0.25) is 4.57 Å². The van der Waals surface area contributed by atoms with E-state index in [-0.39, 0.29) is 0 Å². The fourth-order valence-electron chi connectivity index (χ4n) is 3.42. The number of nitrogens with zero attached hydrogens (tertiary/aromatic N) is 5. The van der Waals surface area contributed by atoms with E-state index in [1.54, 1.807) is 6.26 Å². The molecule has 5 aromatic rings. The van der Waals surface area contributed by atoms with Gasteiger partial charge in [0.1, 0.15) is 5.76 Å². The van der Waals surface area contributed by atoms with Crippen molar-refractivity contribution in [2.45, 2.75) is 30.8 Å². The van der Waals surface area contributed by atoms with Crippen molar-refractivity contribution in [2.24, 2.45) is 0 Å². The Kier molecular flexibility index (Phi) is 5.85. The number of rotatable bonds is 8. The zero-order valence-corrected chi connectivity index (χ0v) is 18.3. The lowest BCUT2D eigenvalue weighted by Crippen LogP contribution is -2.03. The molecule has 0 bridgehead atoms. The first-order valence-electron chi connectivity index (χ1n) is 10.3. The van der Waals surface area contributed by atoms with Gasteiger partial charge >= 0.3 is 0 Å². The van der Waals surface area contributed by atoms with Crippen molar-refractivity contribution in [3.8, 4) is 11.4 Å². The second kappa shape index (κ2) is 9.23. The maximum absolute atomic E-state index is 5.57. The third-order valence-corrected chi connectivity index (χ3v) is 5.88. The van der Waals surface area contributed by atoms with E-state index in [9.17, 15) is 0 Å². The van der Waals surface area contributed by atoms with E-state index in [4.69, 9.17) is 8.94 Å². The summed E-state index contributed by atoms with van der Waals surface area (Å²) in [7, 11) is 0. The molecule has 7 nitrogen and oxygen atoms in total. The van der Waals surface area contributed by atoms with Crippen LogP contribution < -0.4 is 0 Å². The van der Waals surface area contributed by atoms with Crippen LogP contribution in [0.15, 0.2) is 87.1 Å². The van der Waals surface area contributed by atoms with Gasteiger partial charge in [-0.15, -0.1) is 10.2 Å².